The molecule has 0 radical (unpaired) electrons. The maximum atomic E-state index is 12.0. The monoisotopic (exact) mass is 319 g/mol. The molecule has 0 saturated carbocycles. The smallest absolute Gasteiger partial charge is 0.342 e. The van der Waals surface area contributed by atoms with Crippen LogP contribution in [0, 0.1) is 0 Å². The zero-order valence-electron chi connectivity index (χ0n) is 12.4. The number of carbonyl (C=O) groups is 2. The van der Waals surface area contributed by atoms with Crippen LogP contribution in [0.1, 0.15) is 28.2 Å². The van der Waals surface area contributed by atoms with Crippen LogP contribution in [-0.4, -0.2) is 25.6 Å². The SMILES string of the molecule is COc1ccccc1C(=O)OCC(=O)N[C@H](C)c1cccs1. The van der Waals surface area contributed by atoms with Gasteiger partial charge in [-0.2, -0.15) is 0 Å². The Morgan fingerprint density at radius 1 is 1.23 bits per heavy atom. The number of benzene rings is 1. The summed E-state index contributed by atoms with van der Waals surface area (Å²) in [6, 6.07) is 10.5. The number of thiophene rings is 1. The predicted octanol–water partition coefficient (Wildman–Crippen LogP) is 2.79. The molecule has 2 aromatic rings. The van der Waals surface area contributed by atoms with E-state index in [0.717, 1.165) is 4.88 Å². The minimum Gasteiger partial charge on any atom is -0.496 e. The number of para-hydroxylation sites is 1. The molecule has 2 rings (SSSR count). The van der Waals surface area contributed by atoms with Crippen molar-refractivity contribution in [1.29, 1.82) is 0 Å². The van der Waals surface area contributed by atoms with Gasteiger partial charge in [-0.25, -0.2) is 4.79 Å². The zero-order valence-corrected chi connectivity index (χ0v) is 13.2. The summed E-state index contributed by atoms with van der Waals surface area (Å²) in [6.45, 7) is 1.55. The number of amides is 1. The second-order valence-electron chi connectivity index (χ2n) is 4.58. The summed E-state index contributed by atoms with van der Waals surface area (Å²) < 4.78 is 10.1. The molecule has 1 heterocycles. The fraction of sp³-hybridized carbons (Fsp3) is 0.250. The molecule has 0 bridgehead atoms. The van der Waals surface area contributed by atoms with Crippen LogP contribution >= 0.6 is 11.3 Å². The Balaban J connectivity index is 1.87. The van der Waals surface area contributed by atoms with Crippen LogP contribution in [0.15, 0.2) is 41.8 Å². The van der Waals surface area contributed by atoms with Crippen LogP contribution < -0.4 is 10.1 Å². The highest BCUT2D eigenvalue weighted by Crippen LogP contribution is 2.19. The lowest BCUT2D eigenvalue weighted by molar-refractivity contribution is -0.124. The lowest BCUT2D eigenvalue weighted by Gasteiger charge is -2.13. The number of hydrogen-bond acceptors (Lipinski definition) is 5. The molecular formula is C16H17NO4S. The minimum atomic E-state index is -0.587. The maximum absolute atomic E-state index is 12.0. The quantitative estimate of drug-likeness (QED) is 0.832. The summed E-state index contributed by atoms with van der Waals surface area (Å²) in [4.78, 5) is 24.8. The Morgan fingerprint density at radius 2 is 2.00 bits per heavy atom. The van der Waals surface area contributed by atoms with Gasteiger partial charge < -0.3 is 14.8 Å². The Bertz CT molecular complexity index is 639. The van der Waals surface area contributed by atoms with Crippen LogP contribution in [0.5, 0.6) is 5.75 Å². The molecule has 0 saturated heterocycles. The van der Waals surface area contributed by atoms with Gasteiger partial charge in [0, 0.05) is 4.88 Å². The summed E-state index contributed by atoms with van der Waals surface area (Å²) in [5, 5.41) is 4.72. The fourth-order valence-electron chi connectivity index (χ4n) is 1.91. The molecule has 0 unspecified atom stereocenters. The van der Waals surface area contributed by atoms with E-state index >= 15 is 0 Å². The van der Waals surface area contributed by atoms with Crippen molar-refractivity contribution in [3.8, 4) is 5.75 Å². The van der Waals surface area contributed by atoms with Crippen LogP contribution in [0.25, 0.3) is 0 Å². The third-order valence-corrected chi connectivity index (χ3v) is 4.06. The van der Waals surface area contributed by atoms with Gasteiger partial charge in [0.15, 0.2) is 6.61 Å². The lowest BCUT2D eigenvalue weighted by atomic mass is 10.2. The van der Waals surface area contributed by atoms with Crippen LogP contribution in [0.4, 0.5) is 0 Å². The number of ether oxygens (including phenoxy) is 2. The third kappa shape index (κ3) is 4.08. The first-order chi connectivity index (χ1) is 10.6. The normalized spacial score (nSPS) is 11.5. The molecule has 6 heteroatoms. The van der Waals surface area contributed by atoms with Gasteiger partial charge in [0.25, 0.3) is 5.91 Å². The molecule has 22 heavy (non-hydrogen) atoms. The highest BCUT2D eigenvalue weighted by molar-refractivity contribution is 7.10. The van der Waals surface area contributed by atoms with E-state index < -0.39 is 5.97 Å². The Kier molecular flexibility index (Phi) is 5.55. The molecule has 0 spiro atoms. The molecule has 1 aromatic heterocycles. The van der Waals surface area contributed by atoms with Gasteiger partial charge >= 0.3 is 5.97 Å². The first kappa shape index (κ1) is 16.0. The van der Waals surface area contributed by atoms with E-state index in [2.05, 4.69) is 5.32 Å². The molecule has 1 N–H and O–H groups in total. The summed E-state index contributed by atoms with van der Waals surface area (Å²) in [6.07, 6.45) is 0. The van der Waals surface area contributed by atoms with E-state index in [1.807, 2.05) is 24.4 Å². The van der Waals surface area contributed by atoms with Gasteiger partial charge in [-0.1, -0.05) is 18.2 Å². The van der Waals surface area contributed by atoms with Crippen LogP contribution in [-0.2, 0) is 9.53 Å². The Hall–Kier alpha value is -2.34. The van der Waals surface area contributed by atoms with Crippen molar-refractivity contribution in [2.45, 2.75) is 13.0 Å². The van der Waals surface area contributed by atoms with Gasteiger partial charge in [-0.05, 0) is 30.5 Å². The maximum Gasteiger partial charge on any atom is 0.342 e. The van der Waals surface area contributed by atoms with Crippen molar-refractivity contribution in [3.05, 3.63) is 52.2 Å². The average molecular weight is 319 g/mol. The Labute approximate surface area is 132 Å². The van der Waals surface area contributed by atoms with Crippen molar-refractivity contribution < 1.29 is 19.1 Å². The van der Waals surface area contributed by atoms with Gasteiger partial charge in [0.05, 0.1) is 13.2 Å². The third-order valence-electron chi connectivity index (χ3n) is 3.01. The number of nitrogens with one attached hydrogen (secondary N) is 1. The number of carbonyl (C=O) groups excluding carboxylic acids is 2. The van der Waals surface area contributed by atoms with Crippen molar-refractivity contribution in [1.82, 2.24) is 5.32 Å². The molecular weight excluding hydrogens is 302 g/mol. The van der Waals surface area contributed by atoms with Crippen LogP contribution in [0.3, 0.4) is 0 Å². The first-order valence-electron chi connectivity index (χ1n) is 6.74. The summed E-state index contributed by atoms with van der Waals surface area (Å²) >= 11 is 1.56. The van der Waals surface area contributed by atoms with Crippen LogP contribution in [0.2, 0.25) is 0 Å². The highest BCUT2D eigenvalue weighted by atomic mass is 32.1. The number of rotatable bonds is 6. The number of esters is 1. The van der Waals surface area contributed by atoms with Crippen molar-refractivity contribution >= 4 is 23.2 Å². The van der Waals surface area contributed by atoms with E-state index in [1.54, 1.807) is 35.6 Å². The molecule has 0 fully saturated rings. The van der Waals surface area contributed by atoms with E-state index in [0.29, 0.717) is 11.3 Å². The zero-order chi connectivity index (χ0) is 15.9. The molecule has 1 amide bonds. The average Bonchev–Trinajstić information content (AvgIpc) is 3.07. The standard InChI is InChI=1S/C16H17NO4S/c1-11(14-8-5-9-22-14)17-15(18)10-21-16(19)12-6-3-4-7-13(12)20-2/h3-9,11H,10H2,1-2H3,(H,17,18)/t11-/m1/s1. The second kappa shape index (κ2) is 7.61. The number of hydrogen-bond donors (Lipinski definition) is 1. The molecule has 0 aliphatic carbocycles. The molecule has 0 aliphatic heterocycles. The van der Waals surface area contributed by atoms with E-state index in [1.165, 1.54) is 7.11 Å². The molecule has 1 aromatic carbocycles. The van der Waals surface area contributed by atoms with Gasteiger partial charge in [0.1, 0.15) is 11.3 Å². The van der Waals surface area contributed by atoms with E-state index in [4.69, 9.17) is 9.47 Å². The second-order valence-corrected chi connectivity index (χ2v) is 5.56. The highest BCUT2D eigenvalue weighted by Gasteiger charge is 2.16. The van der Waals surface area contributed by atoms with Crippen molar-refractivity contribution in [3.63, 3.8) is 0 Å². The molecule has 116 valence electrons. The predicted molar refractivity (Wildman–Crippen MR) is 84.2 cm³/mol. The van der Waals surface area contributed by atoms with Gasteiger partial charge in [-0.15, -0.1) is 11.3 Å². The summed E-state index contributed by atoms with van der Waals surface area (Å²) in [5.74, 6) is -0.514. The largest absolute Gasteiger partial charge is 0.496 e. The molecule has 5 nitrogen and oxygen atoms in total. The van der Waals surface area contributed by atoms with Crippen molar-refractivity contribution in [2.75, 3.05) is 13.7 Å². The van der Waals surface area contributed by atoms with Gasteiger partial charge in [0.2, 0.25) is 0 Å². The van der Waals surface area contributed by atoms with Gasteiger partial charge in [-0.3, -0.25) is 4.79 Å². The molecule has 0 aliphatic rings. The molecule has 1 atom stereocenters. The fourth-order valence-corrected chi connectivity index (χ4v) is 2.65. The summed E-state index contributed by atoms with van der Waals surface area (Å²) in [7, 11) is 1.47. The Morgan fingerprint density at radius 3 is 2.68 bits per heavy atom. The van der Waals surface area contributed by atoms with E-state index in [-0.39, 0.29) is 18.6 Å². The van der Waals surface area contributed by atoms with E-state index in [9.17, 15) is 9.59 Å². The topological polar surface area (TPSA) is 64.6 Å². The number of methoxy groups -OCH3 is 1. The lowest BCUT2D eigenvalue weighted by Crippen LogP contribution is -2.30. The summed E-state index contributed by atoms with van der Waals surface area (Å²) in [5.41, 5.74) is 0.295. The van der Waals surface area contributed by atoms with Crippen molar-refractivity contribution in [2.24, 2.45) is 0 Å². The minimum absolute atomic E-state index is 0.113. The first-order valence-corrected chi connectivity index (χ1v) is 7.62.